The number of nitrogens with zero attached hydrogens (tertiary/aromatic N) is 2. The first kappa shape index (κ1) is 14.1. The molecular weight excluding hydrogens is 256 g/mol. The van der Waals surface area contributed by atoms with E-state index in [1.54, 1.807) is 6.92 Å². The molecule has 0 aromatic rings. The van der Waals surface area contributed by atoms with Gasteiger partial charge in [-0.25, -0.2) is 0 Å². The lowest BCUT2D eigenvalue weighted by Crippen LogP contribution is -2.57. The zero-order chi connectivity index (χ0) is 13.4. The molecule has 0 bridgehead atoms. The van der Waals surface area contributed by atoms with Crippen LogP contribution in [-0.2, 0) is 4.74 Å². The predicted octanol–water partition coefficient (Wildman–Crippen LogP) is -0.763. The number of aliphatic imine (C=N–C) groups is 1. The number of amidine groups is 1. The van der Waals surface area contributed by atoms with E-state index in [-0.39, 0.29) is 5.44 Å². The van der Waals surface area contributed by atoms with Gasteiger partial charge in [0.1, 0.15) is 29.8 Å². The topological polar surface area (TPSA) is 85.5 Å². The van der Waals surface area contributed by atoms with Crippen molar-refractivity contribution >= 4 is 16.9 Å². The minimum Gasteiger partial charge on any atom is -0.391 e. The van der Waals surface area contributed by atoms with Crippen LogP contribution in [-0.4, -0.2) is 74.9 Å². The number of thioether (sulfide) groups is 1. The molecule has 0 amide bonds. The molecule has 0 radical (unpaired) electrons. The second kappa shape index (κ2) is 5.34. The molecule has 6 atom stereocenters. The highest BCUT2D eigenvalue weighted by Crippen LogP contribution is 2.37. The fourth-order valence-electron chi connectivity index (χ4n) is 2.09. The summed E-state index contributed by atoms with van der Waals surface area (Å²) in [5, 5.41) is 30.3. The molecule has 2 heterocycles. The van der Waals surface area contributed by atoms with Crippen molar-refractivity contribution < 1.29 is 20.1 Å². The summed E-state index contributed by atoms with van der Waals surface area (Å²) in [5.74, 6) is 0. The lowest BCUT2D eigenvalue weighted by Gasteiger charge is -2.39. The van der Waals surface area contributed by atoms with Crippen molar-refractivity contribution in [1.82, 2.24) is 4.90 Å². The van der Waals surface area contributed by atoms with Crippen LogP contribution in [0.5, 0.6) is 0 Å². The molecule has 0 saturated carbocycles. The molecule has 7 heteroatoms. The molecule has 0 aromatic carbocycles. The molecular formula is C11H20N2O4S. The van der Waals surface area contributed by atoms with Crippen molar-refractivity contribution in [2.24, 2.45) is 4.99 Å². The largest absolute Gasteiger partial charge is 0.391 e. The normalized spacial score (nSPS) is 41.2. The Hall–Kier alpha value is -0.340. The highest BCUT2D eigenvalue weighted by atomic mass is 32.2. The van der Waals surface area contributed by atoms with Gasteiger partial charge in [-0.15, -0.1) is 0 Å². The molecule has 0 aliphatic carbocycles. The summed E-state index contributed by atoms with van der Waals surface area (Å²) in [6.07, 6.45) is -3.71. The average molecular weight is 276 g/mol. The first-order valence-electron chi connectivity index (χ1n) is 6.11. The second-order valence-corrected chi connectivity index (χ2v) is 5.79. The van der Waals surface area contributed by atoms with Crippen LogP contribution in [0.1, 0.15) is 13.8 Å². The Balaban J connectivity index is 2.13. The molecule has 6 nitrogen and oxygen atoms in total. The van der Waals surface area contributed by atoms with E-state index in [2.05, 4.69) is 4.99 Å². The second-order valence-electron chi connectivity index (χ2n) is 4.73. The molecule has 2 aliphatic heterocycles. The molecule has 3 unspecified atom stereocenters. The summed E-state index contributed by atoms with van der Waals surface area (Å²) in [6, 6.07) is -0.469. The van der Waals surface area contributed by atoms with Gasteiger partial charge in [0.05, 0.1) is 6.10 Å². The molecule has 2 aliphatic rings. The number of hydrogen-bond acceptors (Lipinski definition) is 7. The van der Waals surface area contributed by atoms with Gasteiger partial charge in [-0.3, -0.25) is 4.99 Å². The molecule has 2 rings (SSSR count). The molecule has 1 fully saturated rings. The maximum atomic E-state index is 10.1. The van der Waals surface area contributed by atoms with Crippen molar-refractivity contribution in [2.75, 3.05) is 13.6 Å². The van der Waals surface area contributed by atoms with E-state index >= 15 is 0 Å². The zero-order valence-corrected chi connectivity index (χ0v) is 11.5. The third-order valence-electron chi connectivity index (χ3n) is 3.36. The molecule has 104 valence electrons. The van der Waals surface area contributed by atoms with Crippen molar-refractivity contribution in [3.05, 3.63) is 0 Å². The Kier molecular flexibility index (Phi) is 4.18. The average Bonchev–Trinajstić information content (AvgIpc) is 2.76. The maximum absolute atomic E-state index is 10.1. The van der Waals surface area contributed by atoms with E-state index in [0.717, 1.165) is 11.7 Å². The van der Waals surface area contributed by atoms with Gasteiger partial charge in [-0.2, -0.15) is 0 Å². The summed E-state index contributed by atoms with van der Waals surface area (Å²) in [6.45, 7) is 4.36. The SMILES string of the molecule is CCN(C)C1=N[C@H]2C(OC(C(C)O)[C@@H](O)[C@@H]2O)S1. The summed E-state index contributed by atoms with van der Waals surface area (Å²) < 4.78 is 5.64. The van der Waals surface area contributed by atoms with Gasteiger partial charge in [-0.05, 0) is 13.8 Å². The summed E-state index contributed by atoms with van der Waals surface area (Å²) in [5.41, 5.74) is -0.341. The first-order valence-corrected chi connectivity index (χ1v) is 6.99. The minimum atomic E-state index is -1.11. The number of aliphatic hydroxyl groups is 3. The number of aliphatic hydroxyl groups excluding tert-OH is 3. The van der Waals surface area contributed by atoms with Crippen molar-refractivity contribution in [3.63, 3.8) is 0 Å². The fraction of sp³-hybridized carbons (Fsp3) is 0.909. The van der Waals surface area contributed by atoms with Gasteiger partial charge in [0.25, 0.3) is 0 Å². The fourth-order valence-corrected chi connectivity index (χ4v) is 3.34. The third kappa shape index (κ3) is 2.37. The Morgan fingerprint density at radius 1 is 1.44 bits per heavy atom. The number of hydrogen-bond donors (Lipinski definition) is 3. The lowest BCUT2D eigenvalue weighted by molar-refractivity contribution is -0.181. The van der Waals surface area contributed by atoms with Crippen LogP contribution in [0.2, 0.25) is 0 Å². The van der Waals surface area contributed by atoms with Gasteiger partial charge < -0.3 is 25.0 Å². The van der Waals surface area contributed by atoms with Gasteiger partial charge >= 0.3 is 0 Å². The smallest absolute Gasteiger partial charge is 0.162 e. The van der Waals surface area contributed by atoms with Crippen LogP contribution in [0.15, 0.2) is 4.99 Å². The monoisotopic (exact) mass is 276 g/mol. The van der Waals surface area contributed by atoms with Crippen molar-refractivity contribution in [2.45, 2.75) is 49.7 Å². The quantitative estimate of drug-likeness (QED) is 0.614. The first-order chi connectivity index (χ1) is 8.45. The molecule has 3 N–H and O–H groups in total. The van der Waals surface area contributed by atoms with E-state index in [4.69, 9.17) is 4.74 Å². The van der Waals surface area contributed by atoms with Crippen LogP contribution in [0.4, 0.5) is 0 Å². The molecule has 0 aromatic heterocycles. The minimum absolute atomic E-state index is 0.341. The highest BCUT2D eigenvalue weighted by molar-refractivity contribution is 8.14. The van der Waals surface area contributed by atoms with Crippen molar-refractivity contribution in [3.8, 4) is 0 Å². The van der Waals surface area contributed by atoms with Gasteiger partial charge in [0.2, 0.25) is 0 Å². The summed E-state index contributed by atoms with van der Waals surface area (Å²) >= 11 is 1.43. The Labute approximate surface area is 111 Å². The predicted molar refractivity (Wildman–Crippen MR) is 69.5 cm³/mol. The van der Waals surface area contributed by atoms with Crippen molar-refractivity contribution in [1.29, 1.82) is 0 Å². The van der Waals surface area contributed by atoms with E-state index < -0.39 is 30.5 Å². The number of rotatable bonds is 2. The van der Waals surface area contributed by atoms with Crippen LogP contribution in [0.25, 0.3) is 0 Å². The van der Waals surface area contributed by atoms with Gasteiger partial charge in [0.15, 0.2) is 5.17 Å². The zero-order valence-electron chi connectivity index (χ0n) is 10.7. The number of fused-ring (bicyclic) bond motifs is 1. The molecule has 0 spiro atoms. The van der Waals surface area contributed by atoms with Crippen LogP contribution < -0.4 is 0 Å². The van der Waals surface area contributed by atoms with E-state index in [1.807, 2.05) is 18.9 Å². The Morgan fingerprint density at radius 3 is 2.67 bits per heavy atom. The standard InChI is InChI=1S/C11H20N2O4S/c1-4-13(3)11-12-6-7(15)8(16)9(5(2)14)17-10(6)18-11/h5-10,14-16H,4H2,1-3H3/t5?,6-,7-,8+,9?,10?/m1/s1. The van der Waals surface area contributed by atoms with E-state index in [9.17, 15) is 15.3 Å². The Morgan fingerprint density at radius 2 is 2.11 bits per heavy atom. The van der Waals surface area contributed by atoms with E-state index in [0.29, 0.717) is 0 Å². The van der Waals surface area contributed by atoms with Gasteiger partial charge in [-0.1, -0.05) is 11.8 Å². The molecule has 1 saturated heterocycles. The van der Waals surface area contributed by atoms with Crippen LogP contribution in [0.3, 0.4) is 0 Å². The van der Waals surface area contributed by atoms with E-state index in [1.165, 1.54) is 11.8 Å². The third-order valence-corrected chi connectivity index (χ3v) is 4.61. The van der Waals surface area contributed by atoms with Gasteiger partial charge in [0, 0.05) is 13.6 Å². The van der Waals surface area contributed by atoms with Crippen LogP contribution >= 0.6 is 11.8 Å². The number of ether oxygens (including phenoxy) is 1. The van der Waals surface area contributed by atoms with Crippen LogP contribution in [0, 0.1) is 0 Å². The highest BCUT2D eigenvalue weighted by Gasteiger charge is 2.49. The summed E-state index contributed by atoms with van der Waals surface area (Å²) in [7, 11) is 1.91. The Bertz CT molecular complexity index is 339. The summed E-state index contributed by atoms with van der Waals surface area (Å²) in [4.78, 5) is 6.36. The maximum Gasteiger partial charge on any atom is 0.162 e. The molecule has 18 heavy (non-hydrogen) atoms. The lowest BCUT2D eigenvalue weighted by atomic mass is 9.95.